The van der Waals surface area contributed by atoms with Gasteiger partial charge in [0.1, 0.15) is 11.6 Å². The number of fused-ring (bicyclic) bond motifs is 1. The quantitative estimate of drug-likeness (QED) is 0.910. The maximum absolute atomic E-state index is 13.5. The third-order valence-electron chi connectivity index (χ3n) is 4.86. The van der Waals surface area contributed by atoms with Gasteiger partial charge in [0.05, 0.1) is 5.69 Å². The van der Waals surface area contributed by atoms with Crippen LogP contribution in [0.1, 0.15) is 30.9 Å². The van der Waals surface area contributed by atoms with Crippen molar-refractivity contribution in [2.75, 3.05) is 5.73 Å². The van der Waals surface area contributed by atoms with E-state index in [0.29, 0.717) is 11.7 Å². The van der Waals surface area contributed by atoms with E-state index < -0.39 is 0 Å². The number of hydrogen-bond acceptors (Lipinski definition) is 2. The zero-order chi connectivity index (χ0) is 13.9. The third-order valence-corrected chi connectivity index (χ3v) is 4.86. The van der Waals surface area contributed by atoms with Crippen molar-refractivity contribution >= 4 is 5.82 Å². The van der Waals surface area contributed by atoms with Gasteiger partial charge in [-0.15, -0.1) is 0 Å². The van der Waals surface area contributed by atoms with Crippen LogP contribution >= 0.6 is 0 Å². The van der Waals surface area contributed by atoms with Crippen molar-refractivity contribution in [1.29, 1.82) is 0 Å². The van der Waals surface area contributed by atoms with Crippen molar-refractivity contribution in [3.8, 4) is 11.1 Å². The smallest absolute Gasteiger partial charge is 0.129 e. The largest absolute Gasteiger partial charge is 0.383 e. The molecule has 1 heterocycles. The van der Waals surface area contributed by atoms with Crippen LogP contribution in [0.25, 0.3) is 11.1 Å². The van der Waals surface area contributed by atoms with Crippen molar-refractivity contribution in [2.45, 2.75) is 25.2 Å². The highest BCUT2D eigenvalue weighted by atomic mass is 19.1. The summed E-state index contributed by atoms with van der Waals surface area (Å²) in [5.41, 5.74) is 9.00. The van der Waals surface area contributed by atoms with Crippen molar-refractivity contribution in [2.24, 2.45) is 18.9 Å². The van der Waals surface area contributed by atoms with Crippen LogP contribution in [-0.4, -0.2) is 9.78 Å². The molecule has 0 aliphatic heterocycles. The Morgan fingerprint density at radius 3 is 2.70 bits per heavy atom. The van der Waals surface area contributed by atoms with Gasteiger partial charge in [-0.2, -0.15) is 5.10 Å². The van der Waals surface area contributed by atoms with Crippen LogP contribution in [0.3, 0.4) is 0 Å². The summed E-state index contributed by atoms with van der Waals surface area (Å²) in [7, 11) is 1.86. The summed E-state index contributed by atoms with van der Waals surface area (Å²) in [4.78, 5) is 0. The summed E-state index contributed by atoms with van der Waals surface area (Å²) in [6, 6.07) is 6.65. The summed E-state index contributed by atoms with van der Waals surface area (Å²) in [6.07, 6.45) is 3.81. The summed E-state index contributed by atoms with van der Waals surface area (Å²) in [5.74, 6) is 2.67. The Balaban J connectivity index is 1.81. The van der Waals surface area contributed by atoms with E-state index in [4.69, 9.17) is 5.73 Å². The van der Waals surface area contributed by atoms with Gasteiger partial charge in [-0.1, -0.05) is 12.1 Å². The molecule has 2 aromatic rings. The number of nitrogens with zero attached hydrogens (tertiary/aromatic N) is 2. The average Bonchev–Trinajstić information content (AvgIpc) is 2.91. The lowest BCUT2D eigenvalue weighted by atomic mass is 9.93. The molecule has 4 heteroatoms. The first-order valence-corrected chi connectivity index (χ1v) is 7.21. The van der Waals surface area contributed by atoms with Crippen molar-refractivity contribution in [3.63, 3.8) is 0 Å². The summed E-state index contributed by atoms with van der Waals surface area (Å²) in [6.45, 7) is 0. The van der Waals surface area contributed by atoms with Crippen LogP contribution in [0.15, 0.2) is 24.3 Å². The molecule has 0 amide bonds. The lowest BCUT2D eigenvalue weighted by molar-refractivity contribution is 0.594. The molecule has 0 radical (unpaired) electrons. The number of benzene rings is 1. The predicted octanol–water partition coefficient (Wildman–Crippen LogP) is 3.32. The fraction of sp³-hybridized carbons (Fsp3) is 0.438. The monoisotopic (exact) mass is 271 g/mol. The number of aryl methyl sites for hydroxylation is 1. The third kappa shape index (κ3) is 1.74. The number of rotatable bonds is 2. The topological polar surface area (TPSA) is 43.8 Å². The van der Waals surface area contributed by atoms with Gasteiger partial charge in [0, 0.05) is 18.5 Å². The molecule has 0 spiro atoms. The molecule has 4 rings (SSSR count). The highest BCUT2D eigenvalue weighted by Gasteiger charge is 2.47. The zero-order valence-electron chi connectivity index (χ0n) is 11.5. The number of nitrogens with two attached hydrogens (primary N) is 1. The number of hydrogen-bond donors (Lipinski definition) is 1. The van der Waals surface area contributed by atoms with Gasteiger partial charge in [0.15, 0.2) is 0 Å². The number of halogens is 1. The Labute approximate surface area is 117 Å². The van der Waals surface area contributed by atoms with E-state index >= 15 is 0 Å². The molecular weight excluding hydrogens is 253 g/mol. The molecule has 1 aromatic heterocycles. The molecule has 2 aliphatic rings. The second kappa shape index (κ2) is 4.08. The molecule has 2 aliphatic carbocycles. The molecule has 2 unspecified atom stereocenters. The Kier molecular flexibility index (Phi) is 2.43. The van der Waals surface area contributed by atoms with E-state index in [1.165, 1.54) is 25.3 Å². The van der Waals surface area contributed by atoms with E-state index in [9.17, 15) is 4.39 Å². The summed E-state index contributed by atoms with van der Waals surface area (Å²) >= 11 is 0. The highest BCUT2D eigenvalue weighted by Crippen LogP contribution is 2.58. The molecule has 20 heavy (non-hydrogen) atoms. The second-order valence-corrected chi connectivity index (χ2v) is 6.20. The molecule has 2 fully saturated rings. The van der Waals surface area contributed by atoms with Crippen molar-refractivity contribution in [3.05, 3.63) is 35.8 Å². The van der Waals surface area contributed by atoms with E-state index in [0.717, 1.165) is 28.7 Å². The van der Waals surface area contributed by atoms with Crippen LogP contribution in [0, 0.1) is 17.7 Å². The lowest BCUT2D eigenvalue weighted by Gasteiger charge is -2.11. The first-order valence-electron chi connectivity index (χ1n) is 7.21. The minimum Gasteiger partial charge on any atom is -0.383 e. The zero-order valence-corrected chi connectivity index (χ0v) is 11.5. The SMILES string of the molecule is Cn1nc(C2CC3CC3C2)c(-c2cccc(F)c2)c1N. The van der Waals surface area contributed by atoms with Crippen LogP contribution in [0.5, 0.6) is 0 Å². The highest BCUT2D eigenvalue weighted by molar-refractivity contribution is 5.77. The Bertz CT molecular complexity index is 666. The molecule has 0 bridgehead atoms. The first kappa shape index (κ1) is 11.9. The second-order valence-electron chi connectivity index (χ2n) is 6.20. The molecule has 3 nitrogen and oxygen atoms in total. The fourth-order valence-corrected chi connectivity index (χ4v) is 3.72. The molecule has 1 aromatic carbocycles. The Morgan fingerprint density at radius 1 is 1.25 bits per heavy atom. The van der Waals surface area contributed by atoms with Gasteiger partial charge < -0.3 is 5.73 Å². The van der Waals surface area contributed by atoms with E-state index in [2.05, 4.69) is 5.10 Å². The normalized spacial score (nSPS) is 27.6. The maximum Gasteiger partial charge on any atom is 0.129 e. The van der Waals surface area contributed by atoms with E-state index in [1.54, 1.807) is 16.8 Å². The van der Waals surface area contributed by atoms with Gasteiger partial charge in [-0.3, -0.25) is 4.68 Å². The van der Waals surface area contributed by atoms with E-state index in [1.807, 2.05) is 13.1 Å². The Morgan fingerprint density at radius 2 is 2.00 bits per heavy atom. The molecular formula is C16H18FN3. The average molecular weight is 271 g/mol. The summed E-state index contributed by atoms with van der Waals surface area (Å²) in [5, 5.41) is 4.62. The van der Waals surface area contributed by atoms with Gasteiger partial charge >= 0.3 is 0 Å². The minimum atomic E-state index is -0.231. The van der Waals surface area contributed by atoms with Crippen LogP contribution in [0.2, 0.25) is 0 Å². The number of anilines is 1. The van der Waals surface area contributed by atoms with E-state index in [-0.39, 0.29) is 5.82 Å². The van der Waals surface area contributed by atoms with Gasteiger partial charge in [0.25, 0.3) is 0 Å². The fourth-order valence-electron chi connectivity index (χ4n) is 3.72. The van der Waals surface area contributed by atoms with Gasteiger partial charge in [-0.05, 0) is 48.8 Å². The minimum absolute atomic E-state index is 0.231. The first-order chi connectivity index (χ1) is 9.63. The number of nitrogen functional groups attached to an aromatic ring is 1. The molecule has 2 N–H and O–H groups in total. The standard InChI is InChI=1S/C16H18FN3/c1-20-16(18)14(9-3-2-4-13(17)8-9)15(19-20)12-6-10-5-11(10)7-12/h2-4,8,10-12H,5-7,18H2,1H3. The van der Waals surface area contributed by atoms with Gasteiger partial charge in [0.2, 0.25) is 0 Å². The maximum atomic E-state index is 13.5. The van der Waals surface area contributed by atoms with Crippen LogP contribution < -0.4 is 5.73 Å². The number of aromatic nitrogens is 2. The molecule has 0 saturated heterocycles. The van der Waals surface area contributed by atoms with Gasteiger partial charge in [-0.25, -0.2) is 4.39 Å². The predicted molar refractivity (Wildman–Crippen MR) is 76.6 cm³/mol. The van der Waals surface area contributed by atoms with Crippen LogP contribution in [0.4, 0.5) is 10.2 Å². The Hall–Kier alpha value is -1.84. The molecule has 104 valence electrons. The molecule has 2 atom stereocenters. The van der Waals surface area contributed by atoms with Crippen molar-refractivity contribution in [1.82, 2.24) is 9.78 Å². The molecule has 2 saturated carbocycles. The lowest BCUT2D eigenvalue weighted by Crippen LogP contribution is -2.00. The van der Waals surface area contributed by atoms with Crippen molar-refractivity contribution < 1.29 is 4.39 Å². The summed E-state index contributed by atoms with van der Waals surface area (Å²) < 4.78 is 15.2. The van der Waals surface area contributed by atoms with Crippen LogP contribution in [-0.2, 0) is 7.05 Å².